The summed E-state index contributed by atoms with van der Waals surface area (Å²) in [5, 5.41) is 15.8. The molecule has 1 aliphatic carbocycles. The Morgan fingerprint density at radius 3 is 2.62 bits per heavy atom. The number of rotatable bonds is 8. The van der Waals surface area contributed by atoms with Crippen molar-refractivity contribution in [3.05, 3.63) is 81.5 Å². The number of nitrogens with zero attached hydrogens (tertiary/aromatic N) is 3. The maximum Gasteiger partial charge on any atom is 0.355 e. The van der Waals surface area contributed by atoms with E-state index in [0.29, 0.717) is 51.9 Å². The van der Waals surface area contributed by atoms with Gasteiger partial charge in [-0.15, -0.1) is 11.3 Å². The smallest absolute Gasteiger partial charge is 0.355 e. The third kappa shape index (κ3) is 6.00. The Balaban J connectivity index is 1.69. The van der Waals surface area contributed by atoms with Crippen LogP contribution in [0.4, 0.5) is 17.6 Å². The van der Waals surface area contributed by atoms with E-state index in [0.717, 1.165) is 35.9 Å². The van der Waals surface area contributed by atoms with E-state index in [-0.39, 0.29) is 22.6 Å². The SMILES string of the molecule is O=C(O)c1csc(-n2nc(-c3ccc(F)c(C#CC(F)F)c3)c(Cc3ccc(SO)c(F)c3)c2CC2CC2)n1. The second kappa shape index (κ2) is 11.2. The molecule has 2 N–H and O–H groups in total. The first-order valence-electron chi connectivity index (χ1n) is 11.7. The summed E-state index contributed by atoms with van der Waals surface area (Å²) in [6.45, 7) is 0. The normalized spacial score (nSPS) is 13.0. The third-order valence-electron chi connectivity index (χ3n) is 6.19. The van der Waals surface area contributed by atoms with Crippen molar-refractivity contribution in [2.45, 2.75) is 37.0 Å². The first kappa shape index (κ1) is 26.9. The molecule has 0 aliphatic heterocycles. The average Bonchev–Trinajstić information content (AvgIpc) is 3.46. The van der Waals surface area contributed by atoms with Crippen LogP contribution in [0, 0.1) is 29.4 Å². The lowest BCUT2D eigenvalue weighted by molar-refractivity contribution is 0.0691. The highest BCUT2D eigenvalue weighted by molar-refractivity contribution is 7.93. The summed E-state index contributed by atoms with van der Waals surface area (Å²) in [7, 11) is 0. The number of thiazole rings is 1. The lowest BCUT2D eigenvalue weighted by atomic mass is 9.96. The Kier molecular flexibility index (Phi) is 7.74. The quantitative estimate of drug-likeness (QED) is 0.139. The monoisotopic (exact) mass is 573 g/mol. The molecular formula is C27H19F4N3O3S2. The van der Waals surface area contributed by atoms with Gasteiger partial charge in [-0.2, -0.15) is 13.9 Å². The van der Waals surface area contributed by atoms with E-state index in [1.165, 1.54) is 29.6 Å². The molecule has 5 rings (SSSR count). The molecule has 0 spiro atoms. The Hall–Kier alpha value is -3.66. The van der Waals surface area contributed by atoms with Crippen molar-refractivity contribution in [3.8, 4) is 28.2 Å². The zero-order valence-corrected chi connectivity index (χ0v) is 21.6. The molecule has 0 unspecified atom stereocenters. The zero-order valence-electron chi connectivity index (χ0n) is 20.0. The molecule has 2 heterocycles. The molecular weight excluding hydrogens is 554 g/mol. The Labute approximate surface area is 228 Å². The lowest BCUT2D eigenvalue weighted by Gasteiger charge is -2.10. The molecule has 0 radical (unpaired) electrons. The fraction of sp³-hybridized carbons (Fsp3) is 0.222. The van der Waals surface area contributed by atoms with Gasteiger partial charge in [-0.1, -0.05) is 12.0 Å². The minimum atomic E-state index is -2.93. The second-order valence-corrected chi connectivity index (χ2v) is 10.4. The number of carboxylic acids is 1. The lowest BCUT2D eigenvalue weighted by Crippen LogP contribution is -2.06. The number of carbonyl (C=O) groups is 1. The van der Waals surface area contributed by atoms with E-state index in [1.54, 1.807) is 16.7 Å². The molecule has 6 nitrogen and oxygen atoms in total. The molecule has 0 amide bonds. The Morgan fingerprint density at radius 1 is 1.18 bits per heavy atom. The number of aromatic carboxylic acids is 1. The van der Waals surface area contributed by atoms with Crippen LogP contribution >= 0.6 is 23.4 Å². The molecule has 1 saturated carbocycles. The van der Waals surface area contributed by atoms with Gasteiger partial charge in [-0.3, -0.25) is 0 Å². The number of hydrogen-bond donors (Lipinski definition) is 2. The molecule has 2 aromatic heterocycles. The number of carboxylic acid groups (broad SMARTS) is 1. The van der Waals surface area contributed by atoms with Crippen LogP contribution in [0.1, 0.15) is 45.7 Å². The maximum absolute atomic E-state index is 14.5. The maximum atomic E-state index is 14.5. The van der Waals surface area contributed by atoms with Crippen LogP contribution in [-0.2, 0) is 12.8 Å². The average molecular weight is 574 g/mol. The van der Waals surface area contributed by atoms with E-state index in [9.17, 15) is 32.0 Å². The molecule has 200 valence electrons. The van der Waals surface area contributed by atoms with Gasteiger partial charge in [-0.25, -0.2) is 23.2 Å². The van der Waals surface area contributed by atoms with Crippen molar-refractivity contribution in [1.82, 2.24) is 14.8 Å². The summed E-state index contributed by atoms with van der Waals surface area (Å²) in [5.74, 6) is 1.64. The van der Waals surface area contributed by atoms with Gasteiger partial charge in [-0.05, 0) is 67.0 Å². The van der Waals surface area contributed by atoms with E-state index in [2.05, 4.69) is 10.9 Å². The highest BCUT2D eigenvalue weighted by atomic mass is 32.2. The molecule has 0 saturated heterocycles. The molecule has 1 aliphatic rings. The van der Waals surface area contributed by atoms with Crippen molar-refractivity contribution in [2.24, 2.45) is 5.92 Å². The molecule has 12 heteroatoms. The van der Waals surface area contributed by atoms with Gasteiger partial charge in [0, 0.05) is 35.0 Å². The van der Waals surface area contributed by atoms with Crippen molar-refractivity contribution < 1.29 is 32.0 Å². The van der Waals surface area contributed by atoms with E-state index in [4.69, 9.17) is 5.10 Å². The standard InChI is InChI=1S/C27H19F4N3O3S2/c28-19-6-4-17(12-16(19)5-8-24(30)31)25-18(9-15-3-7-23(39-37)20(29)10-15)22(11-14-1-2-14)34(33-25)27-32-21(13-38-27)26(35)36/h3-4,6-7,10,12-14,24,37H,1-2,9,11H2,(H,35,36). The molecule has 2 aromatic carbocycles. The van der Waals surface area contributed by atoms with Crippen molar-refractivity contribution >= 4 is 29.3 Å². The topological polar surface area (TPSA) is 88.2 Å². The second-order valence-electron chi connectivity index (χ2n) is 8.95. The predicted molar refractivity (Wildman–Crippen MR) is 139 cm³/mol. The Bertz CT molecular complexity index is 1620. The summed E-state index contributed by atoms with van der Waals surface area (Å²) in [4.78, 5) is 15.7. The van der Waals surface area contributed by atoms with Gasteiger partial charge < -0.3 is 9.66 Å². The first-order valence-corrected chi connectivity index (χ1v) is 13.4. The van der Waals surface area contributed by atoms with E-state index in [1.807, 2.05) is 0 Å². The van der Waals surface area contributed by atoms with E-state index >= 15 is 0 Å². The van der Waals surface area contributed by atoms with Gasteiger partial charge in [0.05, 0.1) is 21.8 Å². The minimum Gasteiger partial charge on any atom is -0.476 e. The van der Waals surface area contributed by atoms with Gasteiger partial charge in [0.2, 0.25) is 5.13 Å². The van der Waals surface area contributed by atoms with Crippen molar-refractivity contribution in [3.63, 3.8) is 0 Å². The molecule has 1 fully saturated rings. The molecule has 39 heavy (non-hydrogen) atoms. The van der Waals surface area contributed by atoms with Gasteiger partial charge in [0.15, 0.2) is 5.69 Å². The molecule has 4 aromatic rings. The highest BCUT2D eigenvalue weighted by Crippen LogP contribution is 2.38. The number of hydrogen-bond acceptors (Lipinski definition) is 6. The number of benzene rings is 2. The number of halogens is 4. The molecule has 0 atom stereocenters. The first-order chi connectivity index (χ1) is 18.7. The van der Waals surface area contributed by atoms with Crippen molar-refractivity contribution in [2.75, 3.05) is 0 Å². The largest absolute Gasteiger partial charge is 0.476 e. The Morgan fingerprint density at radius 2 is 1.97 bits per heavy atom. The van der Waals surface area contributed by atoms with Crippen LogP contribution < -0.4 is 0 Å². The predicted octanol–water partition coefficient (Wildman–Crippen LogP) is 6.70. The van der Waals surface area contributed by atoms with Crippen LogP contribution in [0.15, 0.2) is 46.7 Å². The summed E-state index contributed by atoms with van der Waals surface area (Å²) >= 11 is 1.39. The fourth-order valence-corrected chi connectivity index (χ4v) is 5.21. The highest BCUT2D eigenvalue weighted by Gasteiger charge is 2.29. The van der Waals surface area contributed by atoms with Gasteiger partial charge in [0.1, 0.15) is 11.6 Å². The number of aromatic nitrogens is 3. The minimum absolute atomic E-state index is 0.0673. The number of alkyl halides is 2. The fourth-order valence-electron chi connectivity index (χ4n) is 4.16. The van der Waals surface area contributed by atoms with Crippen LogP contribution in [0.25, 0.3) is 16.4 Å². The van der Waals surface area contributed by atoms with Gasteiger partial charge >= 0.3 is 5.97 Å². The van der Waals surface area contributed by atoms with Crippen LogP contribution in [0.2, 0.25) is 0 Å². The summed E-state index contributed by atoms with van der Waals surface area (Å²) in [6.07, 6.45) is -0.136. The summed E-state index contributed by atoms with van der Waals surface area (Å²) < 4.78 is 65.1. The van der Waals surface area contributed by atoms with Crippen LogP contribution in [0.3, 0.4) is 0 Å². The van der Waals surface area contributed by atoms with Crippen molar-refractivity contribution in [1.29, 1.82) is 0 Å². The third-order valence-corrected chi connectivity index (χ3v) is 7.54. The van der Waals surface area contributed by atoms with Crippen LogP contribution in [-0.4, -0.2) is 36.8 Å². The van der Waals surface area contributed by atoms with Crippen LogP contribution in [0.5, 0.6) is 0 Å². The van der Waals surface area contributed by atoms with E-state index < -0.39 is 24.0 Å². The summed E-state index contributed by atoms with van der Waals surface area (Å²) in [6, 6.07) is 8.33. The van der Waals surface area contributed by atoms with Gasteiger partial charge in [0.25, 0.3) is 6.43 Å². The zero-order chi connectivity index (χ0) is 27.7. The summed E-state index contributed by atoms with van der Waals surface area (Å²) in [5.41, 5.74) is 2.42. The molecule has 0 bridgehead atoms.